The monoisotopic (exact) mass is 245 g/mol. The van der Waals surface area contributed by atoms with Crippen LogP contribution in [0.15, 0.2) is 0 Å². The number of nitrogens with zero attached hydrogens (tertiary/aromatic N) is 1. The highest BCUT2D eigenvalue weighted by molar-refractivity contribution is 7.99. The van der Waals surface area contributed by atoms with Crippen molar-refractivity contribution in [1.82, 2.24) is 4.90 Å². The molecule has 2 aliphatic rings. The zero-order valence-electron chi connectivity index (χ0n) is 9.43. The molecular weight excluding hydrogens is 226 g/mol. The molecule has 1 N–H and O–H groups in total. The lowest BCUT2D eigenvalue weighted by Crippen LogP contribution is -2.53. The van der Waals surface area contributed by atoms with Gasteiger partial charge in [0.05, 0.1) is 19.3 Å². The molecular formula is C11H19NO3S. The smallest absolute Gasteiger partial charge is 0.248 e. The maximum atomic E-state index is 11.7. The molecule has 0 bridgehead atoms. The summed E-state index contributed by atoms with van der Waals surface area (Å²) in [6, 6.07) is -0.131. The van der Waals surface area contributed by atoms with Crippen LogP contribution in [0.5, 0.6) is 0 Å². The predicted octanol–water partition coefficient (Wildman–Crippen LogP) is 0.349. The van der Waals surface area contributed by atoms with Crippen molar-refractivity contribution in [3.05, 3.63) is 0 Å². The van der Waals surface area contributed by atoms with Crippen molar-refractivity contribution in [1.29, 1.82) is 0 Å². The third kappa shape index (κ3) is 2.90. The van der Waals surface area contributed by atoms with E-state index in [1.807, 2.05) is 16.7 Å². The molecule has 0 aromatic carbocycles. The molecule has 2 atom stereocenters. The summed E-state index contributed by atoms with van der Waals surface area (Å²) >= 11 is 1.97. The van der Waals surface area contributed by atoms with E-state index in [-0.39, 0.29) is 25.2 Å². The molecule has 2 saturated heterocycles. The Balaban J connectivity index is 1.91. The molecule has 0 spiro atoms. The number of ether oxygens (including phenoxy) is 1. The van der Waals surface area contributed by atoms with Gasteiger partial charge in [-0.05, 0) is 30.3 Å². The first kappa shape index (κ1) is 12.2. The van der Waals surface area contributed by atoms with Crippen molar-refractivity contribution >= 4 is 17.7 Å². The summed E-state index contributed by atoms with van der Waals surface area (Å²) in [6.07, 6.45) is 2.45. The van der Waals surface area contributed by atoms with Gasteiger partial charge in [-0.3, -0.25) is 4.79 Å². The van der Waals surface area contributed by atoms with Crippen LogP contribution < -0.4 is 0 Å². The van der Waals surface area contributed by atoms with E-state index in [1.54, 1.807) is 0 Å². The van der Waals surface area contributed by atoms with Crippen LogP contribution in [0.3, 0.4) is 0 Å². The van der Waals surface area contributed by atoms with Gasteiger partial charge in [-0.15, -0.1) is 0 Å². The van der Waals surface area contributed by atoms with Crippen molar-refractivity contribution < 1.29 is 14.6 Å². The number of carbonyl (C=O) groups is 1. The Bertz CT molecular complexity index is 243. The van der Waals surface area contributed by atoms with Crippen molar-refractivity contribution in [3.8, 4) is 0 Å². The van der Waals surface area contributed by atoms with Crippen molar-refractivity contribution in [3.63, 3.8) is 0 Å². The second kappa shape index (κ2) is 5.89. The molecule has 0 aromatic heterocycles. The SMILES string of the molecule is O=C1COCC(CO)N1CC1CCCSC1. The lowest BCUT2D eigenvalue weighted by molar-refractivity contribution is -0.150. The van der Waals surface area contributed by atoms with Gasteiger partial charge in [0, 0.05) is 6.54 Å². The highest BCUT2D eigenvalue weighted by atomic mass is 32.2. The molecule has 2 fully saturated rings. The van der Waals surface area contributed by atoms with Crippen molar-refractivity contribution in [2.75, 3.05) is 37.9 Å². The number of amides is 1. The lowest BCUT2D eigenvalue weighted by atomic mass is 10.0. The zero-order chi connectivity index (χ0) is 11.4. The number of carbonyl (C=O) groups excluding carboxylic acids is 1. The van der Waals surface area contributed by atoms with E-state index in [4.69, 9.17) is 4.74 Å². The van der Waals surface area contributed by atoms with Crippen molar-refractivity contribution in [2.45, 2.75) is 18.9 Å². The minimum atomic E-state index is -0.131. The molecule has 16 heavy (non-hydrogen) atoms. The molecule has 2 heterocycles. The van der Waals surface area contributed by atoms with Crippen LogP contribution in [0.4, 0.5) is 0 Å². The van der Waals surface area contributed by atoms with Crippen LogP contribution in [-0.4, -0.2) is 59.8 Å². The molecule has 2 unspecified atom stereocenters. The van der Waals surface area contributed by atoms with Crippen LogP contribution >= 0.6 is 11.8 Å². The van der Waals surface area contributed by atoms with Crippen LogP contribution in [-0.2, 0) is 9.53 Å². The van der Waals surface area contributed by atoms with E-state index >= 15 is 0 Å². The van der Waals surface area contributed by atoms with Gasteiger partial charge in [-0.1, -0.05) is 0 Å². The van der Waals surface area contributed by atoms with E-state index < -0.39 is 0 Å². The van der Waals surface area contributed by atoms with Crippen molar-refractivity contribution in [2.24, 2.45) is 5.92 Å². The number of morpholine rings is 1. The predicted molar refractivity (Wildman–Crippen MR) is 63.5 cm³/mol. The summed E-state index contributed by atoms with van der Waals surface area (Å²) in [7, 11) is 0. The van der Waals surface area contributed by atoms with Gasteiger partial charge >= 0.3 is 0 Å². The summed E-state index contributed by atoms with van der Waals surface area (Å²) in [4.78, 5) is 13.5. The van der Waals surface area contributed by atoms with E-state index in [2.05, 4.69) is 0 Å². The van der Waals surface area contributed by atoms with E-state index in [9.17, 15) is 9.90 Å². The highest BCUT2D eigenvalue weighted by Gasteiger charge is 2.30. The number of rotatable bonds is 3. The summed E-state index contributed by atoms with van der Waals surface area (Å²) in [6.45, 7) is 1.45. The first-order chi connectivity index (χ1) is 7.81. The second-order valence-corrected chi connectivity index (χ2v) is 5.63. The summed E-state index contributed by atoms with van der Waals surface area (Å²) in [5.74, 6) is 3.01. The number of aliphatic hydroxyl groups is 1. The molecule has 5 heteroatoms. The molecule has 0 radical (unpaired) electrons. The largest absolute Gasteiger partial charge is 0.394 e. The Labute approximate surface area is 100 Å². The zero-order valence-corrected chi connectivity index (χ0v) is 10.2. The van der Waals surface area contributed by atoms with Gasteiger partial charge in [0.15, 0.2) is 0 Å². The molecule has 92 valence electrons. The average molecular weight is 245 g/mol. The van der Waals surface area contributed by atoms with Crippen LogP contribution in [0, 0.1) is 5.92 Å². The van der Waals surface area contributed by atoms with Gasteiger partial charge in [-0.2, -0.15) is 11.8 Å². The van der Waals surface area contributed by atoms with Gasteiger partial charge in [0.25, 0.3) is 0 Å². The Morgan fingerprint density at radius 3 is 3.12 bits per heavy atom. The molecule has 0 saturated carbocycles. The van der Waals surface area contributed by atoms with Gasteiger partial charge in [-0.25, -0.2) is 0 Å². The number of hydrogen-bond acceptors (Lipinski definition) is 4. The maximum Gasteiger partial charge on any atom is 0.248 e. The first-order valence-corrected chi connectivity index (χ1v) is 7.02. The standard InChI is InChI=1S/C11H19NO3S/c13-5-10-6-15-7-11(14)12(10)4-9-2-1-3-16-8-9/h9-10,13H,1-8H2. The summed E-state index contributed by atoms with van der Waals surface area (Å²) < 4.78 is 5.15. The fourth-order valence-corrected chi connectivity index (χ4v) is 3.43. The topological polar surface area (TPSA) is 49.8 Å². The summed E-state index contributed by atoms with van der Waals surface area (Å²) in [5.41, 5.74) is 0. The van der Waals surface area contributed by atoms with Gasteiger partial charge in [0.1, 0.15) is 6.61 Å². The van der Waals surface area contributed by atoms with E-state index in [0.717, 1.165) is 12.3 Å². The molecule has 0 aliphatic carbocycles. The minimum Gasteiger partial charge on any atom is -0.394 e. The molecule has 4 nitrogen and oxygen atoms in total. The third-order valence-electron chi connectivity index (χ3n) is 3.22. The minimum absolute atomic E-state index is 0.00556. The molecule has 2 aliphatic heterocycles. The molecule has 2 rings (SSSR count). The summed E-state index contributed by atoms with van der Waals surface area (Å²) in [5, 5.41) is 9.23. The van der Waals surface area contributed by atoms with Gasteiger partial charge in [0.2, 0.25) is 5.91 Å². The molecule has 1 amide bonds. The van der Waals surface area contributed by atoms with Gasteiger partial charge < -0.3 is 14.7 Å². The average Bonchev–Trinajstić information content (AvgIpc) is 2.33. The normalized spacial score (nSPS) is 31.8. The number of hydrogen-bond donors (Lipinski definition) is 1. The first-order valence-electron chi connectivity index (χ1n) is 5.87. The van der Waals surface area contributed by atoms with Crippen LogP contribution in [0.2, 0.25) is 0 Å². The number of thioether (sulfide) groups is 1. The number of aliphatic hydroxyl groups excluding tert-OH is 1. The molecule has 0 aromatic rings. The highest BCUT2D eigenvalue weighted by Crippen LogP contribution is 2.24. The van der Waals surface area contributed by atoms with E-state index in [0.29, 0.717) is 12.5 Å². The fraction of sp³-hybridized carbons (Fsp3) is 0.909. The fourth-order valence-electron chi connectivity index (χ4n) is 2.29. The Hall–Kier alpha value is -0.260. The maximum absolute atomic E-state index is 11.7. The van der Waals surface area contributed by atoms with E-state index in [1.165, 1.54) is 18.6 Å². The third-order valence-corrected chi connectivity index (χ3v) is 4.50. The lowest BCUT2D eigenvalue weighted by Gasteiger charge is -2.37. The Morgan fingerprint density at radius 2 is 2.44 bits per heavy atom. The Kier molecular flexibility index (Phi) is 4.49. The Morgan fingerprint density at radius 1 is 1.56 bits per heavy atom. The van der Waals surface area contributed by atoms with Crippen LogP contribution in [0.1, 0.15) is 12.8 Å². The quantitative estimate of drug-likeness (QED) is 0.779. The second-order valence-electron chi connectivity index (χ2n) is 4.48. The van der Waals surface area contributed by atoms with Crippen LogP contribution in [0.25, 0.3) is 0 Å².